The largest absolute Gasteiger partial charge is 0.397 e. The van der Waals surface area contributed by atoms with Crippen LogP contribution in [0.25, 0.3) is 11.3 Å². The number of aliphatic hydroxyl groups excluding tert-OH is 1. The molecule has 0 aliphatic heterocycles. The molecule has 3 nitrogen and oxygen atoms in total. The van der Waals surface area contributed by atoms with Crippen LogP contribution in [0.4, 0.5) is 4.39 Å². The Morgan fingerprint density at radius 2 is 1.68 bits per heavy atom. The van der Waals surface area contributed by atoms with E-state index in [0.29, 0.717) is 0 Å². The van der Waals surface area contributed by atoms with Gasteiger partial charge in [0.05, 0.1) is 10.7 Å². The van der Waals surface area contributed by atoms with Gasteiger partial charge in [0.1, 0.15) is 5.82 Å². The molecule has 0 atom stereocenters. The monoisotopic (exact) mass is 368 g/mol. The molecule has 2 rings (SSSR count). The number of hydrogen-bond acceptors (Lipinski definition) is 3. The first kappa shape index (κ1) is 23.5. The quantitative estimate of drug-likeness (QED) is 0.740. The Kier molecular flexibility index (Phi) is 10.5. The van der Waals surface area contributed by atoms with Crippen molar-refractivity contribution in [2.45, 2.75) is 53.5 Å². The fraction of sp³-hybridized carbons (Fsp3) is 0.450. The summed E-state index contributed by atoms with van der Waals surface area (Å²) in [5.74, 6) is -0.433. The van der Waals surface area contributed by atoms with Crippen molar-refractivity contribution in [3.05, 3.63) is 52.4 Å². The minimum atomic E-state index is -0.452. The lowest BCUT2D eigenvalue weighted by Crippen LogP contribution is -2.28. The first-order chi connectivity index (χ1) is 11.6. The number of aromatic nitrogens is 1. The van der Waals surface area contributed by atoms with Crippen LogP contribution in [0.15, 0.2) is 30.3 Å². The van der Waals surface area contributed by atoms with Crippen molar-refractivity contribution < 1.29 is 9.50 Å². The van der Waals surface area contributed by atoms with Crippen molar-refractivity contribution in [2.75, 3.05) is 6.61 Å². The van der Waals surface area contributed by atoms with Gasteiger partial charge in [-0.25, -0.2) is 4.39 Å². The van der Waals surface area contributed by atoms with E-state index in [0.717, 1.165) is 22.5 Å². The maximum Gasteiger partial charge on any atom is 0.141 e. The Morgan fingerprint density at radius 1 is 1.16 bits per heavy atom. The molecule has 0 radical (unpaired) electrons. The summed E-state index contributed by atoms with van der Waals surface area (Å²) in [6, 6.07) is 8.45. The number of pyridine rings is 1. The molecule has 140 valence electrons. The first-order valence-electron chi connectivity index (χ1n) is 8.44. The second-order valence-corrected chi connectivity index (χ2v) is 6.66. The highest BCUT2D eigenvalue weighted by Gasteiger charge is 2.16. The molecule has 2 aromatic rings. The summed E-state index contributed by atoms with van der Waals surface area (Å²) in [6.07, 6.45) is 1.25. The van der Waals surface area contributed by atoms with Crippen molar-refractivity contribution in [1.82, 2.24) is 4.98 Å². The summed E-state index contributed by atoms with van der Waals surface area (Å²) in [5.41, 5.74) is 9.03. The van der Waals surface area contributed by atoms with Gasteiger partial charge >= 0.3 is 0 Å². The number of aliphatic hydroxyl groups is 1. The van der Waals surface area contributed by atoms with Crippen molar-refractivity contribution in [1.29, 1.82) is 0 Å². The average Bonchev–Trinajstić information content (AvgIpc) is 2.50. The predicted octanol–water partition coefficient (Wildman–Crippen LogP) is 5.46. The summed E-state index contributed by atoms with van der Waals surface area (Å²) in [7, 11) is 0. The van der Waals surface area contributed by atoms with Gasteiger partial charge in [0, 0.05) is 23.4 Å². The maximum absolute atomic E-state index is 13.2. The number of nitrogens with zero attached hydrogens (tertiary/aromatic N) is 1. The molecular formula is C20H30ClFN2O. The number of halogens is 2. The zero-order valence-electron chi connectivity index (χ0n) is 16.0. The molecule has 0 spiro atoms. The molecule has 3 N–H and O–H groups in total. The Bertz CT molecular complexity index is 653. The Labute approximate surface area is 156 Å². The van der Waals surface area contributed by atoms with E-state index in [4.69, 9.17) is 22.4 Å². The lowest BCUT2D eigenvalue weighted by molar-refractivity contribution is 0.318. The van der Waals surface area contributed by atoms with Crippen LogP contribution in [0, 0.1) is 12.7 Å². The average molecular weight is 369 g/mol. The molecule has 1 aromatic carbocycles. The normalized spacial score (nSPS) is 10.3. The Morgan fingerprint density at radius 3 is 2.12 bits per heavy atom. The first-order valence-corrected chi connectivity index (χ1v) is 8.82. The van der Waals surface area contributed by atoms with E-state index < -0.39 is 11.4 Å². The van der Waals surface area contributed by atoms with Crippen LogP contribution < -0.4 is 5.73 Å². The maximum atomic E-state index is 13.2. The van der Waals surface area contributed by atoms with Crippen molar-refractivity contribution in [3.63, 3.8) is 0 Å². The van der Waals surface area contributed by atoms with Crippen LogP contribution in [0.1, 0.15) is 52.3 Å². The molecule has 0 bridgehead atoms. The van der Waals surface area contributed by atoms with Crippen LogP contribution in [0.3, 0.4) is 0 Å². The highest BCUT2D eigenvalue weighted by Crippen LogP contribution is 2.27. The molecular weight excluding hydrogens is 339 g/mol. The summed E-state index contributed by atoms with van der Waals surface area (Å²) in [4.78, 5) is 4.45. The van der Waals surface area contributed by atoms with Gasteiger partial charge in [-0.2, -0.15) is 0 Å². The predicted molar refractivity (Wildman–Crippen MR) is 105 cm³/mol. The lowest BCUT2D eigenvalue weighted by Gasteiger charge is -2.20. The summed E-state index contributed by atoms with van der Waals surface area (Å²) in [6.45, 7) is 12.0. The second kappa shape index (κ2) is 11.2. The third-order valence-corrected chi connectivity index (χ3v) is 3.20. The topological polar surface area (TPSA) is 59.1 Å². The van der Waals surface area contributed by atoms with Crippen LogP contribution >= 0.6 is 11.6 Å². The van der Waals surface area contributed by atoms with Gasteiger partial charge in [-0.15, -0.1) is 0 Å². The zero-order valence-corrected chi connectivity index (χ0v) is 16.8. The van der Waals surface area contributed by atoms with Gasteiger partial charge < -0.3 is 10.8 Å². The van der Waals surface area contributed by atoms with Crippen molar-refractivity contribution in [3.8, 4) is 11.3 Å². The van der Waals surface area contributed by atoms with E-state index in [9.17, 15) is 4.39 Å². The van der Waals surface area contributed by atoms with E-state index in [1.165, 1.54) is 12.5 Å². The van der Waals surface area contributed by atoms with Crippen LogP contribution in [-0.4, -0.2) is 16.7 Å². The fourth-order valence-corrected chi connectivity index (χ4v) is 2.02. The third kappa shape index (κ3) is 8.43. The van der Waals surface area contributed by atoms with Crippen LogP contribution in [-0.2, 0) is 5.54 Å². The van der Waals surface area contributed by atoms with E-state index in [1.807, 2.05) is 32.9 Å². The molecule has 0 saturated heterocycles. The van der Waals surface area contributed by atoms with Gasteiger partial charge in [-0.1, -0.05) is 31.9 Å². The molecule has 1 heterocycles. The molecule has 0 unspecified atom stereocenters. The standard InChI is InChI=1S/C15H16ClFN2.C3H8.C2H6O/c1-9-6-11(15(2,3)18)8-14(19-9)10-4-5-13(17)12(16)7-10;1-3-2;1-2-3/h4-8H,18H2,1-3H3;3H2,1-2H3;3H,2H2,1H3. The number of hydrogen-bond donors (Lipinski definition) is 2. The van der Waals surface area contributed by atoms with Gasteiger partial charge in [0.15, 0.2) is 0 Å². The summed E-state index contributed by atoms with van der Waals surface area (Å²) >= 11 is 5.81. The van der Waals surface area contributed by atoms with Crippen LogP contribution in [0.2, 0.25) is 5.02 Å². The van der Waals surface area contributed by atoms with Gasteiger partial charge in [-0.05, 0) is 63.6 Å². The molecule has 0 fully saturated rings. The number of benzene rings is 1. The van der Waals surface area contributed by atoms with Gasteiger partial charge in [0.2, 0.25) is 0 Å². The minimum absolute atomic E-state index is 0.0920. The van der Waals surface area contributed by atoms with E-state index in [1.54, 1.807) is 19.1 Å². The lowest BCUT2D eigenvalue weighted by atomic mass is 9.94. The Hall–Kier alpha value is -1.49. The fourth-order valence-electron chi connectivity index (χ4n) is 1.84. The van der Waals surface area contributed by atoms with Gasteiger partial charge in [0.25, 0.3) is 0 Å². The number of nitrogens with two attached hydrogens (primary N) is 1. The van der Waals surface area contributed by atoms with Crippen molar-refractivity contribution in [2.24, 2.45) is 5.73 Å². The smallest absolute Gasteiger partial charge is 0.141 e. The number of rotatable bonds is 2. The van der Waals surface area contributed by atoms with E-state index in [2.05, 4.69) is 18.8 Å². The second-order valence-electron chi connectivity index (χ2n) is 6.26. The van der Waals surface area contributed by atoms with Gasteiger partial charge in [-0.3, -0.25) is 4.98 Å². The van der Waals surface area contributed by atoms with Crippen molar-refractivity contribution >= 4 is 11.6 Å². The molecule has 1 aromatic heterocycles. The Balaban J connectivity index is 0.000000844. The summed E-state index contributed by atoms with van der Waals surface area (Å²) in [5, 5.41) is 7.66. The third-order valence-electron chi connectivity index (χ3n) is 2.91. The molecule has 0 saturated carbocycles. The molecule has 0 amide bonds. The van der Waals surface area contributed by atoms with E-state index >= 15 is 0 Å². The minimum Gasteiger partial charge on any atom is -0.397 e. The molecule has 5 heteroatoms. The highest BCUT2D eigenvalue weighted by atomic mass is 35.5. The van der Waals surface area contributed by atoms with Crippen LogP contribution in [0.5, 0.6) is 0 Å². The SMILES string of the molecule is CCC.CCO.Cc1cc(C(C)(C)N)cc(-c2ccc(F)c(Cl)c2)n1. The summed E-state index contributed by atoms with van der Waals surface area (Å²) < 4.78 is 13.2. The zero-order chi connectivity index (χ0) is 19.6. The molecule has 25 heavy (non-hydrogen) atoms. The molecule has 0 aliphatic rings. The highest BCUT2D eigenvalue weighted by molar-refractivity contribution is 6.31. The van der Waals surface area contributed by atoms with E-state index in [-0.39, 0.29) is 11.6 Å². The molecule has 0 aliphatic carbocycles. The number of aryl methyl sites for hydroxylation is 1.